The van der Waals surface area contributed by atoms with Gasteiger partial charge in [0.15, 0.2) is 6.61 Å². The molecule has 0 saturated heterocycles. The van der Waals surface area contributed by atoms with E-state index in [0.29, 0.717) is 17.7 Å². The van der Waals surface area contributed by atoms with Crippen LogP contribution in [0.2, 0.25) is 0 Å². The molecule has 2 aromatic carbocycles. The molecule has 1 amide bonds. The van der Waals surface area contributed by atoms with E-state index >= 15 is 0 Å². The molecular weight excluding hydrogens is 337 g/mol. The first kappa shape index (κ1) is 19.4. The number of amides is 1. The Bertz CT molecular complexity index is 759. The van der Waals surface area contributed by atoms with Gasteiger partial charge in [-0.2, -0.15) is 0 Å². The van der Waals surface area contributed by atoms with E-state index in [0.717, 1.165) is 5.56 Å². The standard InChI is InChI=1S/C20H22FNO4/c1-13(2)18(10-14-6-8-16(21)9-7-14)22-20(25)15-4-3-5-17(11-15)26-12-19(23)24/h3-9,11,13,18H,10,12H2,1-2H3,(H,22,25)(H,23,24). The van der Waals surface area contributed by atoms with Gasteiger partial charge in [-0.1, -0.05) is 32.0 Å². The summed E-state index contributed by atoms with van der Waals surface area (Å²) in [6.07, 6.45) is 0.582. The molecule has 0 radical (unpaired) electrons. The topological polar surface area (TPSA) is 75.6 Å². The van der Waals surface area contributed by atoms with Gasteiger partial charge >= 0.3 is 5.97 Å². The van der Waals surface area contributed by atoms with Gasteiger partial charge in [-0.25, -0.2) is 9.18 Å². The summed E-state index contributed by atoms with van der Waals surface area (Å²) in [5, 5.41) is 11.6. The van der Waals surface area contributed by atoms with Crippen molar-refractivity contribution >= 4 is 11.9 Å². The van der Waals surface area contributed by atoms with Crippen molar-refractivity contribution in [3.05, 3.63) is 65.5 Å². The van der Waals surface area contributed by atoms with Crippen LogP contribution in [0, 0.1) is 11.7 Å². The predicted molar refractivity (Wildman–Crippen MR) is 95.8 cm³/mol. The number of carbonyl (C=O) groups is 2. The van der Waals surface area contributed by atoms with E-state index in [1.165, 1.54) is 18.2 Å². The summed E-state index contributed by atoms with van der Waals surface area (Å²) >= 11 is 0. The SMILES string of the molecule is CC(C)C(Cc1ccc(F)cc1)NC(=O)c1cccc(OCC(=O)O)c1. The fourth-order valence-corrected chi connectivity index (χ4v) is 2.45. The second kappa shape index (κ2) is 8.99. The van der Waals surface area contributed by atoms with Gasteiger partial charge in [-0.3, -0.25) is 4.79 Å². The fourth-order valence-electron chi connectivity index (χ4n) is 2.45. The predicted octanol–water partition coefficient (Wildman–Crippen LogP) is 3.29. The number of nitrogens with one attached hydrogen (secondary N) is 1. The zero-order valence-electron chi connectivity index (χ0n) is 14.7. The summed E-state index contributed by atoms with van der Waals surface area (Å²) in [4.78, 5) is 23.1. The van der Waals surface area contributed by atoms with E-state index in [9.17, 15) is 14.0 Å². The van der Waals surface area contributed by atoms with Gasteiger partial charge in [0, 0.05) is 11.6 Å². The second-order valence-electron chi connectivity index (χ2n) is 6.36. The highest BCUT2D eigenvalue weighted by molar-refractivity contribution is 5.94. The van der Waals surface area contributed by atoms with Crippen LogP contribution in [0.3, 0.4) is 0 Å². The van der Waals surface area contributed by atoms with Crippen molar-refractivity contribution in [1.82, 2.24) is 5.32 Å². The first-order valence-electron chi connectivity index (χ1n) is 8.35. The smallest absolute Gasteiger partial charge is 0.341 e. The molecule has 26 heavy (non-hydrogen) atoms. The number of ether oxygens (including phenoxy) is 1. The molecule has 138 valence electrons. The Morgan fingerprint density at radius 1 is 1.15 bits per heavy atom. The highest BCUT2D eigenvalue weighted by atomic mass is 19.1. The lowest BCUT2D eigenvalue weighted by Crippen LogP contribution is -2.40. The molecule has 2 rings (SSSR count). The molecule has 5 nitrogen and oxygen atoms in total. The van der Waals surface area contributed by atoms with Crippen LogP contribution < -0.4 is 10.1 Å². The van der Waals surface area contributed by atoms with Gasteiger partial charge in [-0.05, 0) is 48.2 Å². The Hall–Kier alpha value is -2.89. The molecule has 0 fully saturated rings. The fraction of sp³-hybridized carbons (Fsp3) is 0.300. The molecule has 6 heteroatoms. The summed E-state index contributed by atoms with van der Waals surface area (Å²) in [5.41, 5.74) is 1.32. The van der Waals surface area contributed by atoms with Gasteiger partial charge < -0.3 is 15.2 Å². The van der Waals surface area contributed by atoms with Gasteiger partial charge in [0.05, 0.1) is 0 Å². The minimum absolute atomic E-state index is 0.128. The molecule has 0 bridgehead atoms. The quantitative estimate of drug-likeness (QED) is 0.758. The van der Waals surface area contributed by atoms with Gasteiger partial charge in [0.25, 0.3) is 5.91 Å². The minimum atomic E-state index is -1.08. The van der Waals surface area contributed by atoms with Gasteiger partial charge in [0.2, 0.25) is 0 Å². The lowest BCUT2D eigenvalue weighted by molar-refractivity contribution is -0.139. The minimum Gasteiger partial charge on any atom is -0.482 e. The average molecular weight is 359 g/mol. The van der Waals surface area contributed by atoms with E-state index in [1.54, 1.807) is 30.3 Å². The Balaban J connectivity index is 2.06. The van der Waals surface area contributed by atoms with Crippen molar-refractivity contribution in [2.75, 3.05) is 6.61 Å². The number of benzene rings is 2. The lowest BCUT2D eigenvalue weighted by atomic mass is 9.96. The van der Waals surface area contributed by atoms with Crippen molar-refractivity contribution in [2.45, 2.75) is 26.3 Å². The second-order valence-corrected chi connectivity index (χ2v) is 6.36. The van der Waals surface area contributed by atoms with E-state index in [-0.39, 0.29) is 23.7 Å². The third-order valence-electron chi connectivity index (χ3n) is 3.95. The highest BCUT2D eigenvalue weighted by Crippen LogP contribution is 2.16. The van der Waals surface area contributed by atoms with Crippen molar-refractivity contribution in [3.63, 3.8) is 0 Å². The van der Waals surface area contributed by atoms with Crippen LogP contribution in [0.5, 0.6) is 5.75 Å². The molecule has 0 aliphatic heterocycles. The van der Waals surface area contributed by atoms with Gasteiger partial charge in [0.1, 0.15) is 11.6 Å². The number of rotatable bonds is 8. The number of carbonyl (C=O) groups excluding carboxylic acids is 1. The maximum atomic E-state index is 13.0. The normalized spacial score (nSPS) is 11.8. The first-order chi connectivity index (χ1) is 12.3. The summed E-state index contributed by atoms with van der Waals surface area (Å²) in [6.45, 7) is 3.53. The lowest BCUT2D eigenvalue weighted by Gasteiger charge is -2.23. The molecule has 2 N–H and O–H groups in total. The molecule has 0 spiro atoms. The molecule has 0 heterocycles. The van der Waals surface area contributed by atoms with Crippen LogP contribution in [0.15, 0.2) is 48.5 Å². The van der Waals surface area contributed by atoms with Crippen molar-refractivity contribution < 1.29 is 23.8 Å². The van der Waals surface area contributed by atoms with Gasteiger partial charge in [-0.15, -0.1) is 0 Å². The summed E-state index contributed by atoms with van der Waals surface area (Å²) in [7, 11) is 0. The van der Waals surface area contributed by atoms with E-state index in [4.69, 9.17) is 9.84 Å². The van der Waals surface area contributed by atoms with Crippen LogP contribution in [0.25, 0.3) is 0 Å². The largest absolute Gasteiger partial charge is 0.482 e. The Morgan fingerprint density at radius 2 is 1.85 bits per heavy atom. The summed E-state index contributed by atoms with van der Waals surface area (Å²) in [6, 6.07) is 12.5. The number of hydrogen-bond donors (Lipinski definition) is 2. The number of carboxylic acid groups (broad SMARTS) is 1. The first-order valence-corrected chi connectivity index (χ1v) is 8.35. The van der Waals surface area contributed by atoms with E-state index in [1.807, 2.05) is 13.8 Å². The van der Waals surface area contributed by atoms with Crippen LogP contribution in [0.4, 0.5) is 4.39 Å². The maximum absolute atomic E-state index is 13.0. The Labute approximate surface area is 151 Å². The average Bonchev–Trinajstić information content (AvgIpc) is 2.61. The third-order valence-corrected chi connectivity index (χ3v) is 3.95. The molecule has 2 aromatic rings. The maximum Gasteiger partial charge on any atom is 0.341 e. The zero-order chi connectivity index (χ0) is 19.1. The molecule has 0 aliphatic rings. The van der Waals surface area contributed by atoms with Crippen LogP contribution in [-0.2, 0) is 11.2 Å². The molecule has 0 saturated carbocycles. The summed E-state index contributed by atoms with van der Waals surface area (Å²) < 4.78 is 18.1. The number of carboxylic acids is 1. The van der Waals surface area contributed by atoms with Crippen LogP contribution in [0.1, 0.15) is 29.8 Å². The molecule has 0 aliphatic carbocycles. The Morgan fingerprint density at radius 3 is 2.46 bits per heavy atom. The van der Waals surface area contributed by atoms with Crippen LogP contribution >= 0.6 is 0 Å². The number of hydrogen-bond acceptors (Lipinski definition) is 3. The van der Waals surface area contributed by atoms with Crippen molar-refractivity contribution in [1.29, 1.82) is 0 Å². The monoisotopic (exact) mass is 359 g/mol. The summed E-state index contributed by atoms with van der Waals surface area (Å²) in [5.74, 6) is -1.15. The number of halogens is 1. The Kier molecular flexibility index (Phi) is 6.72. The van der Waals surface area contributed by atoms with Crippen molar-refractivity contribution in [3.8, 4) is 5.75 Å². The van der Waals surface area contributed by atoms with Crippen LogP contribution in [-0.4, -0.2) is 29.6 Å². The molecule has 1 atom stereocenters. The molecular formula is C20H22FNO4. The molecule has 1 unspecified atom stereocenters. The third kappa shape index (κ3) is 5.88. The van der Waals surface area contributed by atoms with E-state index in [2.05, 4.69) is 5.32 Å². The number of aliphatic carboxylic acids is 1. The zero-order valence-corrected chi connectivity index (χ0v) is 14.7. The van der Waals surface area contributed by atoms with Crippen molar-refractivity contribution in [2.24, 2.45) is 5.92 Å². The molecule has 0 aromatic heterocycles. The van der Waals surface area contributed by atoms with E-state index < -0.39 is 12.6 Å². The highest BCUT2D eigenvalue weighted by Gasteiger charge is 2.18.